The summed E-state index contributed by atoms with van der Waals surface area (Å²) in [6.45, 7) is 0. The third kappa shape index (κ3) is 3.21. The van der Waals surface area contributed by atoms with Crippen molar-refractivity contribution in [2.75, 3.05) is 19.1 Å². The summed E-state index contributed by atoms with van der Waals surface area (Å²) < 4.78 is 5.31. The number of fused-ring (bicyclic) bond motifs is 1. The van der Waals surface area contributed by atoms with Gasteiger partial charge in [-0.3, -0.25) is 4.79 Å². The highest BCUT2D eigenvalue weighted by atomic mass is 16.5. The first kappa shape index (κ1) is 17.3. The number of carbonyl (C=O) groups is 1. The average Bonchev–Trinajstić information content (AvgIpc) is 2.73. The van der Waals surface area contributed by atoms with Crippen LogP contribution in [0, 0.1) is 5.92 Å². The maximum Gasteiger partial charge on any atom is 0.231 e. The highest BCUT2D eigenvalue weighted by molar-refractivity contribution is 5.99. The van der Waals surface area contributed by atoms with Crippen molar-refractivity contribution in [3.8, 4) is 5.75 Å². The Morgan fingerprint density at radius 1 is 0.889 bits per heavy atom. The first-order valence-corrected chi connectivity index (χ1v) is 9.23. The van der Waals surface area contributed by atoms with Crippen molar-refractivity contribution in [3.05, 3.63) is 95.6 Å². The van der Waals surface area contributed by atoms with E-state index in [2.05, 4.69) is 36.4 Å². The maximum atomic E-state index is 13.3. The lowest BCUT2D eigenvalue weighted by molar-refractivity contribution is -0.123. The van der Waals surface area contributed by atoms with Gasteiger partial charge in [-0.25, -0.2) is 0 Å². The number of anilines is 1. The highest BCUT2D eigenvalue weighted by Gasteiger charge is 2.39. The number of benzene rings is 3. The number of hydrogen-bond acceptors (Lipinski definition) is 2. The molecule has 0 fully saturated rings. The summed E-state index contributed by atoms with van der Waals surface area (Å²) in [4.78, 5) is 15.1. The molecule has 27 heavy (non-hydrogen) atoms. The zero-order valence-electron chi connectivity index (χ0n) is 15.6. The Morgan fingerprint density at radius 3 is 2.26 bits per heavy atom. The highest BCUT2D eigenvalue weighted by Crippen LogP contribution is 2.44. The molecule has 3 aromatic carbocycles. The first-order chi connectivity index (χ1) is 13.2. The second-order valence-electron chi connectivity index (χ2n) is 7.00. The Labute approximate surface area is 160 Å². The van der Waals surface area contributed by atoms with Gasteiger partial charge < -0.3 is 9.64 Å². The molecule has 136 valence electrons. The molecule has 2 atom stereocenters. The van der Waals surface area contributed by atoms with Crippen molar-refractivity contribution in [1.82, 2.24) is 0 Å². The van der Waals surface area contributed by atoms with E-state index < -0.39 is 0 Å². The third-order valence-electron chi connectivity index (χ3n) is 5.46. The zero-order valence-corrected chi connectivity index (χ0v) is 15.6. The molecule has 1 aliphatic heterocycles. The van der Waals surface area contributed by atoms with Gasteiger partial charge in [0, 0.05) is 18.7 Å². The second kappa shape index (κ2) is 7.28. The minimum absolute atomic E-state index is 0.0241. The van der Waals surface area contributed by atoms with Crippen LogP contribution in [-0.4, -0.2) is 20.1 Å². The lowest BCUT2D eigenvalue weighted by Crippen LogP contribution is -2.42. The summed E-state index contributed by atoms with van der Waals surface area (Å²) >= 11 is 0. The second-order valence-corrected chi connectivity index (χ2v) is 7.00. The molecular formula is C24H23NO2. The van der Waals surface area contributed by atoms with Crippen LogP contribution in [0.2, 0.25) is 0 Å². The van der Waals surface area contributed by atoms with Crippen LogP contribution in [0.25, 0.3) is 0 Å². The van der Waals surface area contributed by atoms with Crippen LogP contribution in [0.5, 0.6) is 5.75 Å². The number of amides is 1. The molecule has 0 saturated heterocycles. The predicted molar refractivity (Wildman–Crippen MR) is 108 cm³/mol. The van der Waals surface area contributed by atoms with E-state index >= 15 is 0 Å². The average molecular weight is 357 g/mol. The standard InChI is InChI=1S/C24H23NO2/c1-25-22-11-7-6-10-20(22)23(18-12-14-19(27-2)15-13-18)21(24(25)26)16-17-8-4-3-5-9-17/h3-15,21,23H,16H2,1-2H3. The van der Waals surface area contributed by atoms with Crippen molar-refractivity contribution < 1.29 is 9.53 Å². The summed E-state index contributed by atoms with van der Waals surface area (Å²) in [6, 6.07) is 26.6. The third-order valence-corrected chi connectivity index (χ3v) is 5.46. The first-order valence-electron chi connectivity index (χ1n) is 9.23. The maximum absolute atomic E-state index is 13.3. The minimum Gasteiger partial charge on any atom is -0.497 e. The Balaban J connectivity index is 1.82. The van der Waals surface area contributed by atoms with Gasteiger partial charge in [0.25, 0.3) is 0 Å². The summed E-state index contributed by atoms with van der Waals surface area (Å²) in [5.41, 5.74) is 4.52. The van der Waals surface area contributed by atoms with E-state index in [1.54, 1.807) is 7.11 Å². The summed E-state index contributed by atoms with van der Waals surface area (Å²) in [5, 5.41) is 0. The zero-order chi connectivity index (χ0) is 18.8. The number of para-hydroxylation sites is 1. The van der Waals surface area contributed by atoms with E-state index in [1.165, 1.54) is 11.1 Å². The van der Waals surface area contributed by atoms with E-state index in [9.17, 15) is 4.79 Å². The van der Waals surface area contributed by atoms with Crippen LogP contribution in [-0.2, 0) is 11.2 Å². The van der Waals surface area contributed by atoms with Crippen LogP contribution in [0.3, 0.4) is 0 Å². The monoisotopic (exact) mass is 357 g/mol. The van der Waals surface area contributed by atoms with E-state index in [4.69, 9.17) is 4.74 Å². The minimum atomic E-state index is -0.138. The topological polar surface area (TPSA) is 29.5 Å². The number of rotatable bonds is 4. The number of nitrogens with zero attached hydrogens (tertiary/aromatic N) is 1. The molecule has 1 aliphatic rings. The molecule has 3 heteroatoms. The molecule has 4 rings (SSSR count). The largest absolute Gasteiger partial charge is 0.497 e. The van der Waals surface area contributed by atoms with Crippen LogP contribution >= 0.6 is 0 Å². The smallest absolute Gasteiger partial charge is 0.231 e. The van der Waals surface area contributed by atoms with E-state index in [1.807, 2.05) is 54.4 Å². The summed E-state index contributed by atoms with van der Waals surface area (Å²) in [6.07, 6.45) is 0.717. The Hall–Kier alpha value is -3.07. The molecule has 0 saturated carbocycles. The van der Waals surface area contributed by atoms with Gasteiger partial charge in [-0.05, 0) is 41.3 Å². The Bertz CT molecular complexity index is 934. The molecule has 0 aromatic heterocycles. The van der Waals surface area contributed by atoms with Crippen molar-refractivity contribution >= 4 is 11.6 Å². The van der Waals surface area contributed by atoms with Crippen molar-refractivity contribution in [1.29, 1.82) is 0 Å². The normalized spacial score (nSPS) is 18.9. The fraction of sp³-hybridized carbons (Fsp3) is 0.208. The molecular weight excluding hydrogens is 334 g/mol. The van der Waals surface area contributed by atoms with Gasteiger partial charge in [0.2, 0.25) is 5.91 Å². The lowest BCUT2D eigenvalue weighted by Gasteiger charge is -2.38. The van der Waals surface area contributed by atoms with E-state index in [-0.39, 0.29) is 17.7 Å². The van der Waals surface area contributed by atoms with Crippen LogP contribution in [0.1, 0.15) is 22.6 Å². The van der Waals surface area contributed by atoms with Gasteiger partial charge in [0.15, 0.2) is 0 Å². The SMILES string of the molecule is COc1ccc(C2c3ccccc3N(C)C(=O)C2Cc2ccccc2)cc1. The van der Waals surface area contributed by atoms with E-state index in [0.717, 1.165) is 23.4 Å². The van der Waals surface area contributed by atoms with Gasteiger partial charge in [0.1, 0.15) is 5.75 Å². The van der Waals surface area contributed by atoms with Gasteiger partial charge in [-0.2, -0.15) is 0 Å². The lowest BCUT2D eigenvalue weighted by atomic mass is 9.74. The molecule has 3 nitrogen and oxygen atoms in total. The number of ether oxygens (including phenoxy) is 1. The fourth-order valence-electron chi connectivity index (χ4n) is 4.08. The number of carbonyl (C=O) groups excluding carboxylic acids is 1. The number of hydrogen-bond donors (Lipinski definition) is 0. The molecule has 3 aromatic rings. The molecule has 0 aliphatic carbocycles. The molecule has 0 bridgehead atoms. The van der Waals surface area contributed by atoms with Gasteiger partial charge in [0.05, 0.1) is 13.0 Å². The molecule has 2 unspecified atom stereocenters. The molecule has 0 radical (unpaired) electrons. The van der Waals surface area contributed by atoms with Crippen molar-refractivity contribution in [3.63, 3.8) is 0 Å². The fourth-order valence-corrected chi connectivity index (χ4v) is 4.08. The molecule has 0 N–H and O–H groups in total. The van der Waals surface area contributed by atoms with Crippen LogP contribution in [0.15, 0.2) is 78.9 Å². The van der Waals surface area contributed by atoms with Crippen LogP contribution in [0.4, 0.5) is 5.69 Å². The van der Waals surface area contributed by atoms with Crippen molar-refractivity contribution in [2.45, 2.75) is 12.3 Å². The van der Waals surface area contributed by atoms with Gasteiger partial charge in [-0.1, -0.05) is 60.7 Å². The Kier molecular flexibility index (Phi) is 4.68. The Morgan fingerprint density at radius 2 is 1.56 bits per heavy atom. The quantitative estimate of drug-likeness (QED) is 0.679. The number of methoxy groups -OCH3 is 1. The van der Waals surface area contributed by atoms with E-state index in [0.29, 0.717) is 0 Å². The molecule has 0 spiro atoms. The summed E-state index contributed by atoms with van der Waals surface area (Å²) in [5.74, 6) is 0.876. The predicted octanol–water partition coefficient (Wildman–Crippen LogP) is 4.66. The van der Waals surface area contributed by atoms with Gasteiger partial charge >= 0.3 is 0 Å². The molecule has 1 amide bonds. The molecule has 1 heterocycles. The van der Waals surface area contributed by atoms with Gasteiger partial charge in [-0.15, -0.1) is 0 Å². The van der Waals surface area contributed by atoms with Crippen LogP contribution < -0.4 is 9.64 Å². The van der Waals surface area contributed by atoms with Crippen molar-refractivity contribution in [2.24, 2.45) is 5.92 Å². The summed E-state index contributed by atoms with van der Waals surface area (Å²) in [7, 11) is 3.55.